The van der Waals surface area contributed by atoms with Crippen LogP contribution in [0.3, 0.4) is 0 Å². The number of hydrogen-bond donors (Lipinski definition) is 1. The van der Waals surface area contributed by atoms with Crippen molar-refractivity contribution in [2.75, 3.05) is 11.4 Å². The Morgan fingerprint density at radius 2 is 1.74 bits per heavy atom. The SMILES string of the molecule is C[C@@H](C(=O)NC(C)(C)C)N(Cc1cccc(Br)c1)C(=O)CN1C(=O)c2cccc3cccc1c23. The van der Waals surface area contributed by atoms with E-state index in [0.717, 1.165) is 26.5 Å². The molecule has 0 aromatic heterocycles. The van der Waals surface area contributed by atoms with Crippen molar-refractivity contribution >= 4 is 50.1 Å². The van der Waals surface area contributed by atoms with Gasteiger partial charge >= 0.3 is 0 Å². The Morgan fingerprint density at radius 3 is 2.41 bits per heavy atom. The van der Waals surface area contributed by atoms with E-state index in [1.807, 2.05) is 75.4 Å². The second-order valence-electron chi connectivity index (χ2n) is 9.64. The van der Waals surface area contributed by atoms with Crippen molar-refractivity contribution in [1.29, 1.82) is 0 Å². The Labute approximate surface area is 208 Å². The van der Waals surface area contributed by atoms with E-state index in [0.29, 0.717) is 5.56 Å². The minimum atomic E-state index is -0.721. The predicted molar refractivity (Wildman–Crippen MR) is 138 cm³/mol. The molecular formula is C27H28BrN3O3. The third-order valence-corrected chi connectivity index (χ3v) is 6.34. The molecule has 1 aliphatic rings. The van der Waals surface area contributed by atoms with Crippen molar-refractivity contribution in [1.82, 2.24) is 10.2 Å². The quantitative estimate of drug-likeness (QED) is 0.501. The second-order valence-corrected chi connectivity index (χ2v) is 10.6. The lowest BCUT2D eigenvalue weighted by atomic mass is 10.1. The van der Waals surface area contributed by atoms with Crippen LogP contribution in [0.25, 0.3) is 10.8 Å². The van der Waals surface area contributed by atoms with Crippen molar-refractivity contribution in [2.24, 2.45) is 0 Å². The van der Waals surface area contributed by atoms with Crippen LogP contribution in [-0.4, -0.2) is 40.7 Å². The van der Waals surface area contributed by atoms with Crippen molar-refractivity contribution < 1.29 is 14.4 Å². The molecule has 6 nitrogen and oxygen atoms in total. The average molecular weight is 522 g/mol. The minimum Gasteiger partial charge on any atom is -0.350 e. The third-order valence-electron chi connectivity index (χ3n) is 5.85. The van der Waals surface area contributed by atoms with Crippen LogP contribution in [0.2, 0.25) is 0 Å². The molecule has 1 N–H and O–H groups in total. The van der Waals surface area contributed by atoms with Gasteiger partial charge in [-0.2, -0.15) is 0 Å². The van der Waals surface area contributed by atoms with Gasteiger partial charge in [0.2, 0.25) is 11.8 Å². The summed E-state index contributed by atoms with van der Waals surface area (Å²) in [6.45, 7) is 7.53. The number of nitrogens with zero attached hydrogens (tertiary/aromatic N) is 2. The first-order chi connectivity index (χ1) is 16.0. The van der Waals surface area contributed by atoms with Gasteiger partial charge in [0, 0.05) is 27.5 Å². The van der Waals surface area contributed by atoms with Gasteiger partial charge in [0.1, 0.15) is 12.6 Å². The maximum atomic E-state index is 13.7. The molecule has 0 radical (unpaired) electrons. The molecule has 0 unspecified atom stereocenters. The van der Waals surface area contributed by atoms with E-state index in [1.54, 1.807) is 17.9 Å². The van der Waals surface area contributed by atoms with Gasteiger partial charge in [-0.15, -0.1) is 0 Å². The Morgan fingerprint density at radius 1 is 1.06 bits per heavy atom. The van der Waals surface area contributed by atoms with Crippen LogP contribution >= 0.6 is 15.9 Å². The third kappa shape index (κ3) is 4.85. The molecule has 0 aliphatic carbocycles. The van der Waals surface area contributed by atoms with Gasteiger partial charge in [-0.1, -0.05) is 52.3 Å². The van der Waals surface area contributed by atoms with Crippen molar-refractivity contribution in [3.05, 3.63) is 76.3 Å². The van der Waals surface area contributed by atoms with Gasteiger partial charge in [0.25, 0.3) is 5.91 Å². The molecule has 1 aliphatic heterocycles. The smallest absolute Gasteiger partial charge is 0.259 e. The average Bonchev–Trinajstić information content (AvgIpc) is 3.04. The van der Waals surface area contributed by atoms with Crippen molar-refractivity contribution in [3.63, 3.8) is 0 Å². The van der Waals surface area contributed by atoms with Gasteiger partial charge in [0.05, 0.1) is 5.69 Å². The first kappa shape index (κ1) is 24.0. The Balaban J connectivity index is 1.63. The summed E-state index contributed by atoms with van der Waals surface area (Å²) >= 11 is 3.47. The summed E-state index contributed by atoms with van der Waals surface area (Å²) in [6.07, 6.45) is 0. The molecule has 1 atom stereocenters. The first-order valence-corrected chi connectivity index (χ1v) is 12.0. The lowest BCUT2D eigenvalue weighted by Gasteiger charge is -2.32. The highest BCUT2D eigenvalue weighted by molar-refractivity contribution is 9.10. The molecule has 0 spiro atoms. The molecule has 1 heterocycles. The molecule has 0 fully saturated rings. The van der Waals surface area contributed by atoms with Crippen LogP contribution in [0, 0.1) is 0 Å². The second kappa shape index (κ2) is 9.22. The van der Waals surface area contributed by atoms with Crippen LogP contribution in [0.5, 0.6) is 0 Å². The molecule has 176 valence electrons. The first-order valence-electron chi connectivity index (χ1n) is 11.2. The van der Waals surface area contributed by atoms with Gasteiger partial charge in [-0.05, 0) is 62.9 Å². The highest BCUT2D eigenvalue weighted by atomic mass is 79.9. The van der Waals surface area contributed by atoms with Crippen LogP contribution in [0.4, 0.5) is 5.69 Å². The number of anilines is 1. The number of rotatable bonds is 6. The lowest BCUT2D eigenvalue weighted by molar-refractivity contribution is -0.140. The predicted octanol–water partition coefficient (Wildman–Crippen LogP) is 4.89. The number of amides is 3. The summed E-state index contributed by atoms with van der Waals surface area (Å²) in [5, 5.41) is 4.78. The van der Waals surface area contributed by atoms with E-state index in [1.165, 1.54) is 4.90 Å². The summed E-state index contributed by atoms with van der Waals surface area (Å²) in [5.74, 6) is -0.738. The van der Waals surface area contributed by atoms with E-state index in [4.69, 9.17) is 0 Å². The molecule has 3 aromatic rings. The van der Waals surface area contributed by atoms with Crippen molar-refractivity contribution in [2.45, 2.75) is 45.8 Å². The number of halogens is 1. The number of nitrogens with one attached hydrogen (secondary N) is 1. The fourth-order valence-electron chi connectivity index (χ4n) is 4.25. The Kier molecular flexibility index (Phi) is 6.49. The number of carbonyl (C=O) groups excluding carboxylic acids is 3. The zero-order valence-electron chi connectivity index (χ0n) is 19.8. The summed E-state index contributed by atoms with van der Waals surface area (Å²) in [5.41, 5.74) is 1.77. The van der Waals surface area contributed by atoms with Crippen LogP contribution in [0.15, 0.2) is 65.1 Å². The van der Waals surface area contributed by atoms with Gasteiger partial charge in [-0.25, -0.2) is 0 Å². The molecule has 3 amide bonds. The lowest BCUT2D eigenvalue weighted by Crippen LogP contribution is -2.54. The Hall–Kier alpha value is -3.19. The van der Waals surface area contributed by atoms with Gasteiger partial charge in [0.15, 0.2) is 0 Å². The van der Waals surface area contributed by atoms with Crippen LogP contribution in [-0.2, 0) is 16.1 Å². The zero-order valence-corrected chi connectivity index (χ0v) is 21.3. The van der Waals surface area contributed by atoms with Crippen LogP contribution in [0.1, 0.15) is 43.6 Å². The van der Waals surface area contributed by atoms with Crippen molar-refractivity contribution in [3.8, 4) is 0 Å². The zero-order chi connectivity index (χ0) is 24.6. The van der Waals surface area contributed by atoms with Crippen LogP contribution < -0.4 is 10.2 Å². The number of hydrogen-bond acceptors (Lipinski definition) is 3. The molecule has 7 heteroatoms. The standard InChI is InChI=1S/C27H28BrN3O3/c1-17(25(33)29-27(2,3)4)30(15-18-8-5-11-20(28)14-18)23(32)16-31-22-13-7-10-19-9-6-12-21(24(19)22)26(31)34/h5-14,17H,15-16H2,1-4H3,(H,29,33)/t17-/m0/s1. The molecule has 34 heavy (non-hydrogen) atoms. The number of carbonyl (C=O) groups is 3. The normalized spacial score (nSPS) is 13.8. The van der Waals surface area contributed by atoms with E-state index >= 15 is 0 Å². The fourth-order valence-corrected chi connectivity index (χ4v) is 4.70. The summed E-state index contributed by atoms with van der Waals surface area (Å²) in [4.78, 5) is 42.9. The topological polar surface area (TPSA) is 69.7 Å². The molecule has 0 bridgehead atoms. The van der Waals surface area contributed by atoms with Gasteiger partial charge in [-0.3, -0.25) is 19.3 Å². The summed E-state index contributed by atoms with van der Waals surface area (Å²) in [7, 11) is 0. The number of benzene rings is 3. The molecular weight excluding hydrogens is 494 g/mol. The van der Waals surface area contributed by atoms with E-state index < -0.39 is 11.6 Å². The molecule has 3 aromatic carbocycles. The molecule has 0 saturated carbocycles. The van der Waals surface area contributed by atoms with E-state index in [9.17, 15) is 14.4 Å². The summed E-state index contributed by atoms with van der Waals surface area (Å²) < 4.78 is 0.890. The highest BCUT2D eigenvalue weighted by Gasteiger charge is 2.34. The molecule has 0 saturated heterocycles. The van der Waals surface area contributed by atoms with E-state index in [-0.39, 0.29) is 30.8 Å². The highest BCUT2D eigenvalue weighted by Crippen LogP contribution is 2.37. The minimum absolute atomic E-state index is 0.145. The largest absolute Gasteiger partial charge is 0.350 e. The van der Waals surface area contributed by atoms with Gasteiger partial charge < -0.3 is 10.2 Å². The maximum Gasteiger partial charge on any atom is 0.259 e. The molecule has 4 rings (SSSR count). The summed E-state index contributed by atoms with van der Waals surface area (Å²) in [6, 6.07) is 18.2. The maximum absolute atomic E-state index is 13.7. The van der Waals surface area contributed by atoms with E-state index in [2.05, 4.69) is 21.2 Å². The fraction of sp³-hybridized carbons (Fsp3) is 0.296. The Bertz CT molecular complexity index is 1280. The monoisotopic (exact) mass is 521 g/mol.